The molecule has 3 aromatic carbocycles. The lowest BCUT2D eigenvalue weighted by atomic mass is 9.98. The number of hydrogen-bond acceptors (Lipinski definition) is 4. The van der Waals surface area contributed by atoms with E-state index in [9.17, 15) is 14.4 Å². The number of aliphatic carboxylic acids is 1. The second-order valence-electron chi connectivity index (χ2n) is 8.54. The van der Waals surface area contributed by atoms with Gasteiger partial charge in [0.25, 0.3) is 0 Å². The molecule has 0 aromatic heterocycles. The highest BCUT2D eigenvalue weighted by Crippen LogP contribution is 2.44. The molecule has 0 aliphatic heterocycles. The van der Waals surface area contributed by atoms with Crippen molar-refractivity contribution in [1.82, 2.24) is 4.90 Å². The van der Waals surface area contributed by atoms with Gasteiger partial charge in [-0.15, -0.1) is 0 Å². The molecule has 1 aliphatic carbocycles. The molecule has 0 saturated carbocycles. The van der Waals surface area contributed by atoms with Crippen LogP contribution in [0.4, 0.5) is 10.5 Å². The van der Waals surface area contributed by atoms with E-state index < -0.39 is 12.1 Å². The van der Waals surface area contributed by atoms with Crippen molar-refractivity contribution >= 4 is 23.7 Å². The number of carbonyl (C=O) groups is 3. The maximum atomic E-state index is 12.6. The van der Waals surface area contributed by atoms with Gasteiger partial charge in [0.15, 0.2) is 0 Å². The Kier molecular flexibility index (Phi) is 7.45. The summed E-state index contributed by atoms with van der Waals surface area (Å²) in [5, 5.41) is 11.8. The molecule has 0 bridgehead atoms. The topological polar surface area (TPSA) is 95.9 Å². The van der Waals surface area contributed by atoms with Crippen LogP contribution in [-0.2, 0) is 20.7 Å². The van der Waals surface area contributed by atoms with Gasteiger partial charge in [0.1, 0.15) is 13.2 Å². The quantitative estimate of drug-likeness (QED) is 0.461. The molecule has 4 rings (SSSR count). The molecule has 7 heteroatoms. The SMILES string of the molecule is CCCN(CC(=O)O)C(=O)Cc1cccc(NC(=O)OCC2c3ccccc3-c3ccccc32)c1. The molecule has 3 aromatic rings. The molecular formula is C28H28N2O5. The summed E-state index contributed by atoms with van der Waals surface area (Å²) in [6.45, 7) is 2.15. The fourth-order valence-corrected chi connectivity index (χ4v) is 4.52. The molecule has 0 saturated heterocycles. The Bertz CT molecular complexity index is 1190. The normalized spacial score (nSPS) is 11.9. The Morgan fingerprint density at radius 3 is 2.23 bits per heavy atom. The Hall–Kier alpha value is -4.13. The van der Waals surface area contributed by atoms with Crippen LogP contribution in [0.1, 0.15) is 36.0 Å². The lowest BCUT2D eigenvalue weighted by Crippen LogP contribution is -2.37. The second kappa shape index (κ2) is 10.9. The minimum atomic E-state index is -1.04. The minimum Gasteiger partial charge on any atom is -0.480 e. The zero-order valence-electron chi connectivity index (χ0n) is 19.6. The van der Waals surface area contributed by atoms with Gasteiger partial charge < -0.3 is 14.7 Å². The minimum absolute atomic E-state index is 0.0316. The number of rotatable bonds is 9. The Morgan fingerprint density at radius 2 is 1.60 bits per heavy atom. The van der Waals surface area contributed by atoms with E-state index in [1.807, 2.05) is 31.2 Å². The fraction of sp³-hybridized carbons (Fsp3) is 0.250. The fourth-order valence-electron chi connectivity index (χ4n) is 4.52. The molecule has 35 heavy (non-hydrogen) atoms. The third-order valence-electron chi connectivity index (χ3n) is 6.04. The maximum absolute atomic E-state index is 12.6. The van der Waals surface area contributed by atoms with Gasteiger partial charge in [-0.3, -0.25) is 14.9 Å². The van der Waals surface area contributed by atoms with Crippen LogP contribution in [0.15, 0.2) is 72.8 Å². The summed E-state index contributed by atoms with van der Waals surface area (Å²) >= 11 is 0. The van der Waals surface area contributed by atoms with Crippen molar-refractivity contribution < 1.29 is 24.2 Å². The molecule has 0 heterocycles. The van der Waals surface area contributed by atoms with E-state index in [4.69, 9.17) is 9.84 Å². The number of nitrogens with one attached hydrogen (secondary N) is 1. The van der Waals surface area contributed by atoms with Crippen molar-refractivity contribution in [3.8, 4) is 11.1 Å². The van der Waals surface area contributed by atoms with Gasteiger partial charge in [-0.25, -0.2) is 4.79 Å². The molecule has 0 unspecified atom stereocenters. The van der Waals surface area contributed by atoms with Crippen molar-refractivity contribution in [2.45, 2.75) is 25.7 Å². The molecule has 0 spiro atoms. The van der Waals surface area contributed by atoms with Crippen molar-refractivity contribution in [2.75, 3.05) is 25.0 Å². The average Bonchev–Trinajstić information content (AvgIpc) is 3.16. The van der Waals surface area contributed by atoms with Crippen LogP contribution in [0, 0.1) is 0 Å². The van der Waals surface area contributed by atoms with Gasteiger partial charge in [0.2, 0.25) is 5.91 Å². The number of nitrogens with zero attached hydrogens (tertiary/aromatic N) is 1. The van der Waals surface area contributed by atoms with Crippen molar-refractivity contribution in [1.29, 1.82) is 0 Å². The number of fused-ring (bicyclic) bond motifs is 3. The van der Waals surface area contributed by atoms with Crippen LogP contribution < -0.4 is 5.32 Å². The van der Waals surface area contributed by atoms with Gasteiger partial charge in [-0.2, -0.15) is 0 Å². The summed E-state index contributed by atoms with van der Waals surface area (Å²) in [4.78, 5) is 37.5. The van der Waals surface area contributed by atoms with E-state index in [0.29, 0.717) is 24.2 Å². The molecule has 2 amide bonds. The first-order valence-corrected chi connectivity index (χ1v) is 11.7. The largest absolute Gasteiger partial charge is 0.480 e. The standard InChI is InChI=1S/C28H28N2O5/c1-2-14-30(17-27(32)33)26(31)16-19-8-7-9-20(15-19)29-28(34)35-18-25-23-12-5-3-10-21(23)22-11-4-6-13-24(22)25/h3-13,15,25H,2,14,16-18H2,1H3,(H,29,34)(H,32,33). The van der Waals surface area contributed by atoms with Gasteiger partial charge in [-0.1, -0.05) is 67.6 Å². The third-order valence-corrected chi connectivity index (χ3v) is 6.04. The van der Waals surface area contributed by atoms with Crippen LogP contribution in [-0.4, -0.2) is 47.7 Å². The Morgan fingerprint density at radius 1 is 0.943 bits per heavy atom. The number of carboxylic acid groups (broad SMARTS) is 1. The van der Waals surface area contributed by atoms with E-state index in [0.717, 1.165) is 22.3 Å². The van der Waals surface area contributed by atoms with Gasteiger partial charge in [0, 0.05) is 18.2 Å². The van der Waals surface area contributed by atoms with Crippen molar-refractivity contribution in [2.24, 2.45) is 0 Å². The second-order valence-corrected chi connectivity index (χ2v) is 8.54. The van der Waals surface area contributed by atoms with E-state index in [1.165, 1.54) is 4.90 Å². The highest BCUT2D eigenvalue weighted by atomic mass is 16.5. The van der Waals surface area contributed by atoms with E-state index in [1.54, 1.807) is 24.3 Å². The first kappa shape index (κ1) is 24.0. The summed E-state index contributed by atoms with van der Waals surface area (Å²) in [7, 11) is 0. The van der Waals surface area contributed by atoms with Crippen molar-refractivity contribution in [3.63, 3.8) is 0 Å². The summed E-state index contributed by atoms with van der Waals surface area (Å²) in [6, 6.07) is 23.2. The van der Waals surface area contributed by atoms with Gasteiger partial charge in [-0.05, 0) is 46.4 Å². The summed E-state index contributed by atoms with van der Waals surface area (Å²) in [5.41, 5.74) is 5.79. The number of amides is 2. The number of hydrogen-bond donors (Lipinski definition) is 2. The lowest BCUT2D eigenvalue weighted by molar-refractivity contribution is -0.144. The van der Waals surface area contributed by atoms with Crippen LogP contribution in [0.5, 0.6) is 0 Å². The van der Waals surface area contributed by atoms with E-state index in [-0.39, 0.29) is 31.4 Å². The van der Waals surface area contributed by atoms with Crippen LogP contribution in [0.25, 0.3) is 11.1 Å². The molecule has 1 aliphatic rings. The smallest absolute Gasteiger partial charge is 0.411 e. The lowest BCUT2D eigenvalue weighted by Gasteiger charge is -2.20. The van der Waals surface area contributed by atoms with Gasteiger partial charge >= 0.3 is 12.1 Å². The number of carbonyl (C=O) groups excluding carboxylic acids is 2. The summed E-state index contributed by atoms with van der Waals surface area (Å²) in [5.74, 6) is -1.35. The van der Waals surface area contributed by atoms with E-state index in [2.05, 4.69) is 29.6 Å². The molecule has 0 fully saturated rings. The number of anilines is 1. The Balaban J connectivity index is 1.38. The van der Waals surface area contributed by atoms with Crippen LogP contribution in [0.3, 0.4) is 0 Å². The molecule has 7 nitrogen and oxygen atoms in total. The number of carboxylic acids is 1. The molecule has 180 valence electrons. The van der Waals surface area contributed by atoms with Crippen LogP contribution in [0.2, 0.25) is 0 Å². The van der Waals surface area contributed by atoms with Gasteiger partial charge in [0.05, 0.1) is 6.42 Å². The monoisotopic (exact) mass is 472 g/mol. The number of ether oxygens (including phenoxy) is 1. The molecule has 0 radical (unpaired) electrons. The maximum Gasteiger partial charge on any atom is 0.411 e. The molecular weight excluding hydrogens is 444 g/mol. The highest BCUT2D eigenvalue weighted by Gasteiger charge is 2.29. The first-order chi connectivity index (χ1) is 17.0. The Labute approximate surface area is 204 Å². The first-order valence-electron chi connectivity index (χ1n) is 11.7. The van der Waals surface area contributed by atoms with Crippen LogP contribution >= 0.6 is 0 Å². The predicted octanol–water partition coefficient (Wildman–Crippen LogP) is 4.91. The molecule has 2 N–H and O–H groups in total. The van der Waals surface area contributed by atoms with E-state index >= 15 is 0 Å². The molecule has 0 atom stereocenters. The zero-order valence-corrected chi connectivity index (χ0v) is 19.6. The van der Waals surface area contributed by atoms with Crippen molar-refractivity contribution in [3.05, 3.63) is 89.5 Å². The zero-order chi connectivity index (χ0) is 24.8. The third kappa shape index (κ3) is 5.69. The average molecular weight is 473 g/mol. The number of benzene rings is 3. The predicted molar refractivity (Wildman–Crippen MR) is 133 cm³/mol. The summed E-state index contributed by atoms with van der Waals surface area (Å²) in [6.07, 6.45) is 0.143. The summed E-state index contributed by atoms with van der Waals surface area (Å²) < 4.78 is 5.59. The highest BCUT2D eigenvalue weighted by molar-refractivity contribution is 5.86.